The van der Waals surface area contributed by atoms with Crippen LogP contribution in [0, 0.1) is 0 Å². The number of benzene rings is 1. The predicted molar refractivity (Wildman–Crippen MR) is 76.9 cm³/mol. The first kappa shape index (κ1) is 14.3. The first-order valence-corrected chi connectivity index (χ1v) is 6.54. The molecule has 1 heterocycles. The van der Waals surface area contributed by atoms with Crippen molar-refractivity contribution in [2.24, 2.45) is 0 Å². The highest BCUT2D eigenvalue weighted by molar-refractivity contribution is 6.28. The van der Waals surface area contributed by atoms with Crippen molar-refractivity contribution in [1.82, 2.24) is 15.0 Å². The highest BCUT2D eigenvalue weighted by Gasteiger charge is 2.05. The maximum Gasteiger partial charge on any atom is 0.322 e. The molecule has 7 heteroatoms. The molecule has 2 aromatic rings. The molecule has 0 unspecified atom stereocenters. The van der Waals surface area contributed by atoms with Crippen molar-refractivity contribution < 1.29 is 9.47 Å². The van der Waals surface area contributed by atoms with E-state index < -0.39 is 0 Å². The van der Waals surface area contributed by atoms with Gasteiger partial charge in [0.1, 0.15) is 5.75 Å². The van der Waals surface area contributed by atoms with Crippen LogP contribution in [0.2, 0.25) is 5.28 Å². The van der Waals surface area contributed by atoms with Gasteiger partial charge in [-0.2, -0.15) is 15.0 Å². The third-order valence-electron chi connectivity index (χ3n) is 2.35. The number of nitrogens with one attached hydrogen (secondary N) is 1. The summed E-state index contributed by atoms with van der Waals surface area (Å²) in [7, 11) is 1.47. The number of halogens is 1. The van der Waals surface area contributed by atoms with Crippen LogP contribution in [0.3, 0.4) is 0 Å². The summed E-state index contributed by atoms with van der Waals surface area (Å²) in [6.07, 6.45) is 0.975. The zero-order chi connectivity index (χ0) is 14.4. The lowest BCUT2D eigenvalue weighted by Crippen LogP contribution is -2.02. The number of ether oxygens (including phenoxy) is 2. The second-order valence-corrected chi connectivity index (χ2v) is 4.25. The van der Waals surface area contributed by atoms with E-state index in [1.165, 1.54) is 7.11 Å². The molecule has 1 aromatic heterocycles. The maximum atomic E-state index is 5.78. The van der Waals surface area contributed by atoms with Gasteiger partial charge in [-0.15, -0.1) is 0 Å². The number of methoxy groups -OCH3 is 1. The lowest BCUT2D eigenvalue weighted by atomic mass is 10.3. The van der Waals surface area contributed by atoms with E-state index in [9.17, 15) is 0 Å². The lowest BCUT2D eigenvalue weighted by molar-refractivity contribution is 0.317. The zero-order valence-corrected chi connectivity index (χ0v) is 12.0. The maximum absolute atomic E-state index is 5.78. The second kappa shape index (κ2) is 6.91. The predicted octanol–water partition coefficient (Wildman–Crippen LogP) is 3.07. The van der Waals surface area contributed by atoms with Crippen LogP contribution < -0.4 is 14.8 Å². The Morgan fingerprint density at radius 3 is 2.55 bits per heavy atom. The van der Waals surface area contributed by atoms with Crippen LogP contribution in [0.4, 0.5) is 11.6 Å². The van der Waals surface area contributed by atoms with E-state index in [0.717, 1.165) is 17.9 Å². The fraction of sp³-hybridized carbons (Fsp3) is 0.308. The van der Waals surface area contributed by atoms with Crippen molar-refractivity contribution in [3.8, 4) is 11.8 Å². The van der Waals surface area contributed by atoms with Gasteiger partial charge in [0.25, 0.3) is 0 Å². The summed E-state index contributed by atoms with van der Waals surface area (Å²) in [5, 5.41) is 3.09. The van der Waals surface area contributed by atoms with Gasteiger partial charge >= 0.3 is 6.01 Å². The average molecular weight is 295 g/mol. The fourth-order valence-electron chi connectivity index (χ4n) is 1.46. The Hall–Kier alpha value is -2.08. The Morgan fingerprint density at radius 2 is 1.90 bits per heavy atom. The second-order valence-electron chi connectivity index (χ2n) is 3.91. The Labute approximate surface area is 122 Å². The van der Waals surface area contributed by atoms with Crippen LogP contribution in [-0.2, 0) is 0 Å². The topological polar surface area (TPSA) is 69.2 Å². The molecule has 0 amide bonds. The van der Waals surface area contributed by atoms with Gasteiger partial charge in [-0.05, 0) is 42.3 Å². The zero-order valence-electron chi connectivity index (χ0n) is 11.3. The SMILES string of the molecule is CCCOc1ccc(Nc2nc(Cl)nc(OC)n2)cc1. The number of aromatic nitrogens is 3. The molecule has 2 rings (SSSR count). The summed E-state index contributed by atoms with van der Waals surface area (Å²) < 4.78 is 10.4. The van der Waals surface area contributed by atoms with Gasteiger partial charge < -0.3 is 14.8 Å². The van der Waals surface area contributed by atoms with E-state index in [4.69, 9.17) is 21.1 Å². The van der Waals surface area contributed by atoms with E-state index in [1.807, 2.05) is 24.3 Å². The molecule has 1 N–H and O–H groups in total. The van der Waals surface area contributed by atoms with Crippen LogP contribution in [0.1, 0.15) is 13.3 Å². The van der Waals surface area contributed by atoms with Gasteiger partial charge in [-0.1, -0.05) is 6.92 Å². The van der Waals surface area contributed by atoms with Crippen molar-refractivity contribution in [3.63, 3.8) is 0 Å². The Kier molecular flexibility index (Phi) is 4.95. The molecule has 0 fully saturated rings. The molecule has 0 spiro atoms. The van der Waals surface area contributed by atoms with Crippen molar-refractivity contribution in [3.05, 3.63) is 29.5 Å². The van der Waals surface area contributed by atoms with Crippen LogP contribution in [0.25, 0.3) is 0 Å². The summed E-state index contributed by atoms with van der Waals surface area (Å²) in [6, 6.07) is 7.65. The molecule has 0 bridgehead atoms. The first-order valence-electron chi connectivity index (χ1n) is 6.16. The molecule has 20 heavy (non-hydrogen) atoms. The average Bonchev–Trinajstić information content (AvgIpc) is 2.46. The van der Waals surface area contributed by atoms with Crippen molar-refractivity contribution in [2.75, 3.05) is 19.0 Å². The van der Waals surface area contributed by atoms with E-state index in [2.05, 4.69) is 27.2 Å². The third-order valence-corrected chi connectivity index (χ3v) is 2.52. The third kappa shape index (κ3) is 3.96. The molecule has 0 atom stereocenters. The molecular formula is C13H15ClN4O2. The minimum absolute atomic E-state index is 0.0715. The number of rotatable bonds is 6. The first-order chi connectivity index (χ1) is 9.71. The van der Waals surface area contributed by atoms with Gasteiger partial charge in [0.05, 0.1) is 13.7 Å². The summed E-state index contributed by atoms with van der Waals surface area (Å²) >= 11 is 5.78. The van der Waals surface area contributed by atoms with Crippen LogP contribution >= 0.6 is 11.6 Å². The lowest BCUT2D eigenvalue weighted by Gasteiger charge is -2.08. The van der Waals surface area contributed by atoms with Gasteiger partial charge in [0.2, 0.25) is 11.2 Å². The van der Waals surface area contributed by atoms with Gasteiger partial charge in [0.15, 0.2) is 0 Å². The summed E-state index contributed by atoms with van der Waals surface area (Å²) in [5.41, 5.74) is 0.818. The normalized spacial score (nSPS) is 10.2. The van der Waals surface area contributed by atoms with E-state index in [0.29, 0.717) is 12.6 Å². The highest BCUT2D eigenvalue weighted by Crippen LogP contribution is 2.19. The molecule has 6 nitrogen and oxygen atoms in total. The minimum atomic E-state index is 0.0715. The monoisotopic (exact) mass is 294 g/mol. The summed E-state index contributed by atoms with van der Waals surface area (Å²) in [6.45, 7) is 2.76. The van der Waals surface area contributed by atoms with Gasteiger partial charge in [0, 0.05) is 5.69 Å². The summed E-state index contributed by atoms with van der Waals surface area (Å²) in [5.74, 6) is 1.15. The molecule has 0 aliphatic rings. The number of anilines is 2. The van der Waals surface area contributed by atoms with Crippen molar-refractivity contribution in [1.29, 1.82) is 0 Å². The van der Waals surface area contributed by atoms with Crippen LogP contribution in [-0.4, -0.2) is 28.7 Å². The molecule has 0 aliphatic carbocycles. The number of nitrogens with zero attached hydrogens (tertiary/aromatic N) is 3. The molecule has 0 aliphatic heterocycles. The molecular weight excluding hydrogens is 280 g/mol. The van der Waals surface area contributed by atoms with Gasteiger partial charge in [-0.3, -0.25) is 0 Å². The fourth-order valence-corrected chi connectivity index (χ4v) is 1.61. The largest absolute Gasteiger partial charge is 0.494 e. The van der Waals surface area contributed by atoms with Gasteiger partial charge in [-0.25, -0.2) is 0 Å². The Morgan fingerprint density at radius 1 is 1.15 bits per heavy atom. The van der Waals surface area contributed by atoms with E-state index in [-0.39, 0.29) is 11.3 Å². The molecule has 0 saturated carbocycles. The summed E-state index contributed by atoms with van der Waals surface area (Å²) in [4.78, 5) is 11.8. The van der Waals surface area contributed by atoms with E-state index >= 15 is 0 Å². The van der Waals surface area contributed by atoms with Crippen LogP contribution in [0.15, 0.2) is 24.3 Å². The molecule has 0 saturated heterocycles. The smallest absolute Gasteiger partial charge is 0.322 e. The van der Waals surface area contributed by atoms with Crippen molar-refractivity contribution in [2.45, 2.75) is 13.3 Å². The molecule has 106 valence electrons. The standard InChI is InChI=1S/C13H15ClN4O2/c1-3-8-20-10-6-4-9(5-7-10)15-12-16-11(14)17-13(18-12)19-2/h4-7H,3,8H2,1-2H3,(H,15,16,17,18). The van der Waals surface area contributed by atoms with Crippen LogP contribution in [0.5, 0.6) is 11.8 Å². The Bertz CT molecular complexity index is 563. The van der Waals surface area contributed by atoms with Crippen molar-refractivity contribution >= 4 is 23.2 Å². The number of hydrogen-bond donors (Lipinski definition) is 1. The quantitative estimate of drug-likeness (QED) is 0.883. The molecule has 0 radical (unpaired) electrons. The molecule has 1 aromatic carbocycles. The highest BCUT2D eigenvalue weighted by atomic mass is 35.5. The minimum Gasteiger partial charge on any atom is -0.494 e. The van der Waals surface area contributed by atoms with E-state index in [1.54, 1.807) is 0 Å². The number of hydrogen-bond acceptors (Lipinski definition) is 6. The Balaban J connectivity index is 2.07.